The van der Waals surface area contributed by atoms with Gasteiger partial charge in [0, 0.05) is 56.5 Å². The molecule has 2 saturated heterocycles. The first-order chi connectivity index (χ1) is 22.5. The Labute approximate surface area is 272 Å². The number of amides is 3. The lowest BCUT2D eigenvalue weighted by atomic mass is 9.89. The summed E-state index contributed by atoms with van der Waals surface area (Å²) in [6, 6.07) is 34.7. The summed E-state index contributed by atoms with van der Waals surface area (Å²) in [5.74, 6) is 0.128. The minimum absolute atomic E-state index is 0.0474. The SMILES string of the molecule is O=C(NCC1CCN(CC(c2ccccc2)c2ccccc2)C(=O)[C@H](CCC(=O)N2CCCCC2)C1)c1ccc2ccccc2c1. The molecule has 2 heterocycles. The number of likely N-dealkylation sites (tertiary alicyclic amines) is 2. The van der Waals surface area contributed by atoms with Crippen LogP contribution < -0.4 is 5.32 Å². The Kier molecular flexibility index (Phi) is 10.4. The molecule has 0 bridgehead atoms. The topological polar surface area (TPSA) is 69.7 Å². The second-order valence-corrected chi connectivity index (χ2v) is 13.0. The number of piperidine rings is 1. The summed E-state index contributed by atoms with van der Waals surface area (Å²) in [6.07, 6.45) is 5.69. The van der Waals surface area contributed by atoms with Gasteiger partial charge in [0.1, 0.15) is 0 Å². The van der Waals surface area contributed by atoms with Crippen LogP contribution in [0.1, 0.15) is 72.3 Å². The molecule has 238 valence electrons. The van der Waals surface area contributed by atoms with Gasteiger partial charge < -0.3 is 15.1 Å². The number of rotatable bonds is 10. The third-order valence-corrected chi connectivity index (χ3v) is 9.87. The van der Waals surface area contributed by atoms with Crippen LogP contribution in [-0.2, 0) is 9.59 Å². The molecule has 0 aromatic heterocycles. The molecular formula is C40H45N3O3. The van der Waals surface area contributed by atoms with E-state index in [9.17, 15) is 14.4 Å². The first-order valence-corrected chi connectivity index (χ1v) is 17.0. The van der Waals surface area contributed by atoms with Crippen molar-refractivity contribution in [2.24, 2.45) is 11.8 Å². The first kappa shape index (κ1) is 31.5. The van der Waals surface area contributed by atoms with Crippen LogP contribution in [0, 0.1) is 11.8 Å². The minimum atomic E-state index is -0.258. The maximum absolute atomic E-state index is 14.3. The van der Waals surface area contributed by atoms with Crippen LogP contribution in [-0.4, -0.2) is 60.2 Å². The number of benzene rings is 4. The largest absolute Gasteiger partial charge is 0.352 e. The fourth-order valence-corrected chi connectivity index (χ4v) is 7.20. The van der Waals surface area contributed by atoms with E-state index >= 15 is 0 Å². The monoisotopic (exact) mass is 615 g/mol. The molecule has 0 spiro atoms. The van der Waals surface area contributed by atoms with Crippen molar-refractivity contribution in [1.29, 1.82) is 0 Å². The number of nitrogens with zero attached hydrogens (tertiary/aromatic N) is 2. The first-order valence-electron chi connectivity index (χ1n) is 17.0. The van der Waals surface area contributed by atoms with E-state index in [1.807, 2.05) is 64.4 Å². The fourth-order valence-electron chi connectivity index (χ4n) is 7.20. The van der Waals surface area contributed by atoms with Gasteiger partial charge in [-0.15, -0.1) is 0 Å². The number of carbonyl (C=O) groups excluding carboxylic acids is 3. The number of hydrogen-bond donors (Lipinski definition) is 1. The molecule has 6 heteroatoms. The lowest BCUT2D eigenvalue weighted by Gasteiger charge is -2.30. The minimum Gasteiger partial charge on any atom is -0.352 e. The highest BCUT2D eigenvalue weighted by Crippen LogP contribution is 2.31. The molecule has 0 radical (unpaired) electrons. The Morgan fingerprint density at radius 1 is 0.761 bits per heavy atom. The molecule has 4 aromatic carbocycles. The lowest BCUT2D eigenvalue weighted by Crippen LogP contribution is -2.39. The Morgan fingerprint density at radius 3 is 2.11 bits per heavy atom. The van der Waals surface area contributed by atoms with Crippen LogP contribution in [0.5, 0.6) is 0 Å². The zero-order valence-electron chi connectivity index (χ0n) is 26.7. The van der Waals surface area contributed by atoms with Crippen molar-refractivity contribution in [3.63, 3.8) is 0 Å². The molecule has 2 aliphatic rings. The third kappa shape index (κ3) is 7.85. The van der Waals surface area contributed by atoms with Gasteiger partial charge in [-0.1, -0.05) is 91.0 Å². The molecule has 1 unspecified atom stereocenters. The van der Waals surface area contributed by atoms with Gasteiger partial charge in [0.05, 0.1) is 0 Å². The molecule has 6 rings (SSSR count). The van der Waals surface area contributed by atoms with E-state index in [1.165, 1.54) is 17.5 Å². The van der Waals surface area contributed by atoms with Crippen LogP contribution >= 0.6 is 0 Å². The highest BCUT2D eigenvalue weighted by Gasteiger charge is 2.34. The van der Waals surface area contributed by atoms with Crippen LogP contribution in [0.15, 0.2) is 103 Å². The molecule has 2 fully saturated rings. The van der Waals surface area contributed by atoms with E-state index in [0.717, 1.165) is 43.1 Å². The van der Waals surface area contributed by atoms with Crippen molar-refractivity contribution in [3.05, 3.63) is 120 Å². The number of fused-ring (bicyclic) bond motifs is 1. The summed E-state index contributed by atoms with van der Waals surface area (Å²) < 4.78 is 0. The van der Waals surface area contributed by atoms with Crippen molar-refractivity contribution in [1.82, 2.24) is 15.1 Å². The van der Waals surface area contributed by atoms with E-state index in [0.29, 0.717) is 44.5 Å². The highest BCUT2D eigenvalue weighted by atomic mass is 16.2. The number of carbonyl (C=O) groups is 3. The summed E-state index contributed by atoms with van der Waals surface area (Å²) in [4.78, 5) is 44.7. The molecule has 4 aromatic rings. The molecule has 1 N–H and O–H groups in total. The quantitative estimate of drug-likeness (QED) is 0.208. The van der Waals surface area contributed by atoms with Gasteiger partial charge in [0.2, 0.25) is 11.8 Å². The van der Waals surface area contributed by atoms with Gasteiger partial charge in [-0.25, -0.2) is 0 Å². The summed E-state index contributed by atoms with van der Waals surface area (Å²) in [5, 5.41) is 5.32. The zero-order chi connectivity index (χ0) is 31.7. The molecule has 46 heavy (non-hydrogen) atoms. The van der Waals surface area contributed by atoms with E-state index in [1.54, 1.807) is 0 Å². The van der Waals surface area contributed by atoms with Gasteiger partial charge in [-0.3, -0.25) is 14.4 Å². The molecule has 2 atom stereocenters. The van der Waals surface area contributed by atoms with Gasteiger partial charge in [-0.05, 0) is 78.5 Å². The van der Waals surface area contributed by atoms with Crippen molar-refractivity contribution in [2.75, 3.05) is 32.7 Å². The predicted octanol–water partition coefficient (Wildman–Crippen LogP) is 7.05. The summed E-state index contributed by atoms with van der Waals surface area (Å²) >= 11 is 0. The number of hydrogen-bond acceptors (Lipinski definition) is 3. The maximum atomic E-state index is 14.3. The highest BCUT2D eigenvalue weighted by molar-refractivity contribution is 5.98. The Balaban J connectivity index is 1.18. The van der Waals surface area contributed by atoms with Crippen LogP contribution in [0.3, 0.4) is 0 Å². The average Bonchev–Trinajstić information content (AvgIpc) is 3.26. The smallest absolute Gasteiger partial charge is 0.251 e. The molecule has 0 aliphatic carbocycles. The Bertz CT molecular complexity index is 1580. The van der Waals surface area contributed by atoms with Gasteiger partial charge >= 0.3 is 0 Å². The van der Waals surface area contributed by atoms with Crippen molar-refractivity contribution >= 4 is 28.5 Å². The number of nitrogens with one attached hydrogen (secondary N) is 1. The van der Waals surface area contributed by atoms with Gasteiger partial charge in [-0.2, -0.15) is 0 Å². The van der Waals surface area contributed by atoms with E-state index in [2.05, 4.69) is 53.8 Å². The van der Waals surface area contributed by atoms with E-state index < -0.39 is 0 Å². The summed E-state index contributed by atoms with van der Waals surface area (Å²) in [5.41, 5.74) is 3.01. The van der Waals surface area contributed by atoms with Gasteiger partial charge in [0.25, 0.3) is 5.91 Å². The van der Waals surface area contributed by atoms with E-state index in [-0.39, 0.29) is 35.5 Å². The van der Waals surface area contributed by atoms with Crippen molar-refractivity contribution in [2.45, 2.75) is 50.9 Å². The molecule has 6 nitrogen and oxygen atoms in total. The second kappa shape index (κ2) is 15.2. The average molecular weight is 616 g/mol. The second-order valence-electron chi connectivity index (χ2n) is 13.0. The fraction of sp³-hybridized carbons (Fsp3) is 0.375. The molecule has 3 amide bonds. The van der Waals surface area contributed by atoms with Crippen LogP contribution in [0.2, 0.25) is 0 Å². The lowest BCUT2D eigenvalue weighted by molar-refractivity contribution is -0.136. The Hall–Kier alpha value is -4.45. The zero-order valence-corrected chi connectivity index (χ0v) is 26.7. The van der Waals surface area contributed by atoms with E-state index in [4.69, 9.17) is 0 Å². The van der Waals surface area contributed by atoms with Crippen molar-refractivity contribution in [3.8, 4) is 0 Å². The third-order valence-electron chi connectivity index (χ3n) is 9.87. The Morgan fingerprint density at radius 2 is 1.41 bits per heavy atom. The predicted molar refractivity (Wildman–Crippen MR) is 183 cm³/mol. The van der Waals surface area contributed by atoms with Gasteiger partial charge in [0.15, 0.2) is 0 Å². The summed E-state index contributed by atoms with van der Waals surface area (Å²) in [6.45, 7) is 3.36. The standard InChI is InChI=1S/C40H45N3O3/c44-38(42-23-10-3-11-24-42)21-20-36-26-30(28-41-39(45)35-19-18-31-12-8-9-17-34(31)27-35)22-25-43(40(36)46)29-37(32-13-4-1-5-14-32)33-15-6-2-7-16-33/h1-2,4-9,12-19,27,30,36-37H,3,10-11,20-26,28-29H2,(H,41,45)/t30?,36-/m1/s1. The normalized spacial score (nSPS) is 18.8. The molecule has 0 saturated carbocycles. The van der Waals surface area contributed by atoms with Crippen LogP contribution in [0.4, 0.5) is 0 Å². The van der Waals surface area contributed by atoms with Crippen LogP contribution in [0.25, 0.3) is 10.8 Å². The molecular weight excluding hydrogens is 570 g/mol. The maximum Gasteiger partial charge on any atom is 0.251 e. The molecule has 2 aliphatic heterocycles. The summed E-state index contributed by atoms with van der Waals surface area (Å²) in [7, 11) is 0. The van der Waals surface area contributed by atoms with Crippen molar-refractivity contribution < 1.29 is 14.4 Å².